The van der Waals surface area contributed by atoms with E-state index < -0.39 is 0 Å². The van der Waals surface area contributed by atoms with Gasteiger partial charge in [-0.05, 0) is 67.6 Å². The Balaban J connectivity index is 1.60. The van der Waals surface area contributed by atoms with Crippen LogP contribution in [0.15, 0.2) is 60.7 Å². The van der Waals surface area contributed by atoms with Crippen molar-refractivity contribution in [2.75, 3.05) is 24.4 Å². The second kappa shape index (κ2) is 9.32. The minimum atomic E-state index is -0.369. The Bertz CT molecular complexity index is 971. The van der Waals surface area contributed by atoms with Crippen molar-refractivity contribution in [3.8, 4) is 5.75 Å². The smallest absolute Gasteiger partial charge is 0.338 e. The van der Waals surface area contributed by atoms with Gasteiger partial charge in [0.15, 0.2) is 11.5 Å². The lowest BCUT2D eigenvalue weighted by Gasteiger charge is -2.08. The Morgan fingerprint density at radius 2 is 1.59 bits per heavy atom. The van der Waals surface area contributed by atoms with Crippen molar-refractivity contribution in [1.29, 1.82) is 0 Å². The first-order valence-electron chi connectivity index (χ1n) is 8.92. The van der Waals surface area contributed by atoms with Gasteiger partial charge in [-0.2, -0.15) is 0 Å². The highest BCUT2D eigenvalue weighted by molar-refractivity contribution is 6.02. The number of hydrogen-bond acceptors (Lipinski definition) is 7. The van der Waals surface area contributed by atoms with Crippen LogP contribution in [-0.4, -0.2) is 35.8 Å². The second-order valence-corrected chi connectivity index (χ2v) is 5.91. The molecular formula is C21H20N4O4. The summed E-state index contributed by atoms with van der Waals surface area (Å²) in [7, 11) is 1.58. The third kappa shape index (κ3) is 5.29. The molecule has 8 nitrogen and oxygen atoms in total. The maximum atomic E-state index is 12.3. The van der Waals surface area contributed by atoms with Gasteiger partial charge >= 0.3 is 5.97 Å². The first kappa shape index (κ1) is 19.8. The molecule has 0 aliphatic rings. The van der Waals surface area contributed by atoms with Crippen LogP contribution in [0.1, 0.15) is 27.8 Å². The number of methoxy groups -OCH3 is 1. The number of nitrogens with one attached hydrogen (secondary N) is 2. The van der Waals surface area contributed by atoms with Crippen LogP contribution in [0.2, 0.25) is 0 Å². The summed E-state index contributed by atoms with van der Waals surface area (Å²) in [6.45, 7) is 2.08. The molecule has 2 N–H and O–H groups in total. The normalized spacial score (nSPS) is 10.1. The van der Waals surface area contributed by atoms with E-state index in [0.29, 0.717) is 29.4 Å². The molecule has 0 unspecified atom stereocenters. The summed E-state index contributed by atoms with van der Waals surface area (Å²) in [6.07, 6.45) is 0. The third-order valence-corrected chi connectivity index (χ3v) is 3.91. The molecule has 0 atom stereocenters. The summed E-state index contributed by atoms with van der Waals surface area (Å²) in [5, 5.41) is 13.8. The highest BCUT2D eigenvalue weighted by atomic mass is 16.5. The third-order valence-electron chi connectivity index (χ3n) is 3.91. The van der Waals surface area contributed by atoms with Crippen LogP contribution in [0.5, 0.6) is 5.75 Å². The van der Waals surface area contributed by atoms with E-state index in [1.165, 1.54) is 0 Å². The molecule has 0 saturated heterocycles. The Morgan fingerprint density at radius 3 is 2.17 bits per heavy atom. The fourth-order valence-electron chi connectivity index (χ4n) is 2.44. The number of benzene rings is 2. The van der Waals surface area contributed by atoms with Crippen LogP contribution >= 0.6 is 0 Å². The van der Waals surface area contributed by atoms with Crippen molar-refractivity contribution in [2.24, 2.45) is 0 Å². The zero-order valence-electron chi connectivity index (χ0n) is 16.0. The van der Waals surface area contributed by atoms with E-state index in [1.54, 1.807) is 74.7 Å². The van der Waals surface area contributed by atoms with Gasteiger partial charge in [0, 0.05) is 11.4 Å². The molecule has 0 aliphatic heterocycles. The second-order valence-electron chi connectivity index (χ2n) is 5.91. The molecule has 0 fully saturated rings. The van der Waals surface area contributed by atoms with Crippen LogP contribution in [-0.2, 0) is 4.74 Å². The average Bonchev–Trinajstić information content (AvgIpc) is 2.75. The van der Waals surface area contributed by atoms with E-state index in [1.807, 2.05) is 0 Å². The summed E-state index contributed by atoms with van der Waals surface area (Å²) in [5.74, 6) is 0.433. The number of anilines is 3. The molecule has 29 heavy (non-hydrogen) atoms. The fraction of sp³-hybridized carbons (Fsp3) is 0.143. The van der Waals surface area contributed by atoms with E-state index in [4.69, 9.17) is 9.47 Å². The minimum Gasteiger partial charge on any atom is -0.497 e. The molecule has 0 aliphatic carbocycles. The number of rotatable bonds is 7. The lowest BCUT2D eigenvalue weighted by Crippen LogP contribution is -2.14. The van der Waals surface area contributed by atoms with E-state index in [9.17, 15) is 9.59 Å². The largest absolute Gasteiger partial charge is 0.497 e. The van der Waals surface area contributed by atoms with Gasteiger partial charge in [-0.25, -0.2) is 4.79 Å². The molecule has 1 amide bonds. The number of esters is 1. The number of ether oxygens (including phenoxy) is 2. The summed E-state index contributed by atoms with van der Waals surface area (Å²) in [5.41, 5.74) is 2.00. The molecule has 0 radical (unpaired) electrons. The SMILES string of the molecule is CCOC(=O)c1ccc(Nc2ccc(C(=O)Nc3ccc(OC)cc3)nn2)cc1. The van der Waals surface area contributed by atoms with E-state index in [-0.39, 0.29) is 17.6 Å². The van der Waals surface area contributed by atoms with Gasteiger partial charge < -0.3 is 20.1 Å². The van der Waals surface area contributed by atoms with E-state index in [0.717, 1.165) is 5.69 Å². The highest BCUT2D eigenvalue weighted by Crippen LogP contribution is 2.17. The van der Waals surface area contributed by atoms with Gasteiger partial charge in [0.1, 0.15) is 5.75 Å². The predicted molar refractivity (Wildman–Crippen MR) is 109 cm³/mol. The quantitative estimate of drug-likeness (QED) is 0.592. The molecule has 1 aromatic heterocycles. The van der Waals surface area contributed by atoms with Crippen molar-refractivity contribution in [3.63, 3.8) is 0 Å². The van der Waals surface area contributed by atoms with Gasteiger partial charge in [-0.3, -0.25) is 4.79 Å². The van der Waals surface area contributed by atoms with Crippen LogP contribution < -0.4 is 15.4 Å². The Kier molecular flexibility index (Phi) is 6.36. The van der Waals surface area contributed by atoms with Crippen LogP contribution in [0.3, 0.4) is 0 Å². The summed E-state index contributed by atoms with van der Waals surface area (Å²) >= 11 is 0. The molecule has 0 bridgehead atoms. The number of amides is 1. The van der Waals surface area contributed by atoms with Crippen molar-refractivity contribution < 1.29 is 19.1 Å². The first-order valence-corrected chi connectivity index (χ1v) is 8.92. The molecule has 3 aromatic rings. The Hall–Kier alpha value is -3.94. The molecular weight excluding hydrogens is 372 g/mol. The van der Waals surface area contributed by atoms with E-state index in [2.05, 4.69) is 20.8 Å². The van der Waals surface area contributed by atoms with Gasteiger partial charge in [0.25, 0.3) is 5.91 Å². The van der Waals surface area contributed by atoms with E-state index >= 15 is 0 Å². The van der Waals surface area contributed by atoms with Crippen LogP contribution in [0, 0.1) is 0 Å². The van der Waals surface area contributed by atoms with Crippen molar-refractivity contribution in [1.82, 2.24) is 10.2 Å². The monoisotopic (exact) mass is 392 g/mol. The number of nitrogens with zero attached hydrogens (tertiary/aromatic N) is 2. The summed E-state index contributed by atoms with van der Waals surface area (Å²) < 4.78 is 10.0. The topological polar surface area (TPSA) is 102 Å². The summed E-state index contributed by atoms with van der Waals surface area (Å²) in [6, 6.07) is 17.0. The summed E-state index contributed by atoms with van der Waals surface area (Å²) in [4.78, 5) is 24.0. The first-order chi connectivity index (χ1) is 14.1. The maximum Gasteiger partial charge on any atom is 0.338 e. The van der Waals surface area contributed by atoms with Crippen molar-refractivity contribution in [3.05, 3.63) is 71.9 Å². The number of carbonyl (C=O) groups is 2. The van der Waals surface area contributed by atoms with Crippen LogP contribution in [0.4, 0.5) is 17.2 Å². The molecule has 8 heteroatoms. The number of carbonyl (C=O) groups excluding carboxylic acids is 2. The molecule has 0 saturated carbocycles. The van der Waals surface area contributed by atoms with Crippen molar-refractivity contribution in [2.45, 2.75) is 6.92 Å². The molecule has 3 rings (SSSR count). The highest BCUT2D eigenvalue weighted by Gasteiger charge is 2.10. The van der Waals surface area contributed by atoms with Crippen molar-refractivity contribution >= 4 is 29.1 Å². The van der Waals surface area contributed by atoms with Gasteiger partial charge in [0.2, 0.25) is 0 Å². The number of aromatic nitrogens is 2. The maximum absolute atomic E-state index is 12.3. The predicted octanol–water partition coefficient (Wildman–Crippen LogP) is 3.66. The lowest BCUT2D eigenvalue weighted by molar-refractivity contribution is 0.0526. The lowest BCUT2D eigenvalue weighted by atomic mass is 10.2. The molecule has 148 valence electrons. The van der Waals surface area contributed by atoms with Crippen LogP contribution in [0.25, 0.3) is 0 Å². The molecule has 1 heterocycles. The average molecular weight is 392 g/mol. The minimum absolute atomic E-state index is 0.184. The number of hydrogen-bond donors (Lipinski definition) is 2. The fourth-order valence-corrected chi connectivity index (χ4v) is 2.44. The Morgan fingerprint density at radius 1 is 0.897 bits per heavy atom. The zero-order chi connectivity index (χ0) is 20.6. The zero-order valence-corrected chi connectivity index (χ0v) is 16.0. The van der Waals surface area contributed by atoms with Gasteiger partial charge in [0.05, 0.1) is 19.3 Å². The molecule has 0 spiro atoms. The standard InChI is InChI=1S/C21H20N4O4/c1-3-29-21(27)14-4-6-15(7-5-14)22-19-13-12-18(24-25-19)20(26)23-16-8-10-17(28-2)11-9-16/h4-13H,3H2,1-2H3,(H,22,25)(H,23,26). The van der Waals surface area contributed by atoms with Gasteiger partial charge in [-0.1, -0.05) is 0 Å². The molecule has 2 aromatic carbocycles. The van der Waals surface area contributed by atoms with Gasteiger partial charge in [-0.15, -0.1) is 10.2 Å². The Labute approximate surface area is 167 Å².